The van der Waals surface area contributed by atoms with Gasteiger partial charge in [0.1, 0.15) is 24.6 Å². The molecule has 13 heteroatoms. The van der Waals surface area contributed by atoms with Gasteiger partial charge in [-0.05, 0) is 0 Å². The van der Waals surface area contributed by atoms with Crippen molar-refractivity contribution in [2.24, 2.45) is 5.16 Å². The molecule has 0 radical (unpaired) electrons. The average Bonchev–Trinajstić information content (AvgIpc) is 2.58. The van der Waals surface area contributed by atoms with Gasteiger partial charge in [0.25, 0.3) is 0 Å². The van der Waals surface area contributed by atoms with Crippen LogP contribution in [-0.2, 0) is 14.9 Å². The van der Waals surface area contributed by atoms with Crippen molar-refractivity contribution in [2.45, 2.75) is 0 Å². The summed E-state index contributed by atoms with van der Waals surface area (Å²) in [5.41, 5.74) is 6.33. The number of piperazine rings is 1. The van der Waals surface area contributed by atoms with Crippen LogP contribution in [0, 0.1) is 0 Å². The Hall–Kier alpha value is -2.67. The maximum Gasteiger partial charge on any atom is 0.407 e. The van der Waals surface area contributed by atoms with Crippen molar-refractivity contribution in [2.75, 3.05) is 56.2 Å². The Morgan fingerprint density at radius 3 is 2.73 bits per heavy atom. The largest absolute Gasteiger partial charge is 0.465 e. The molecule has 26 heavy (non-hydrogen) atoms. The van der Waals surface area contributed by atoms with Crippen molar-refractivity contribution in [3.05, 3.63) is 11.9 Å². The number of anilines is 2. The lowest BCUT2D eigenvalue weighted by Crippen LogP contribution is -2.48. The first kappa shape index (κ1) is 19.7. The van der Waals surface area contributed by atoms with Crippen LogP contribution in [0.1, 0.15) is 5.56 Å². The van der Waals surface area contributed by atoms with Gasteiger partial charge in [0.05, 0.1) is 18.0 Å². The van der Waals surface area contributed by atoms with Crippen LogP contribution in [0.2, 0.25) is 0 Å². The Kier molecular flexibility index (Phi) is 6.52. The lowest BCUT2D eigenvalue weighted by molar-refractivity contribution is 0.142. The minimum Gasteiger partial charge on any atom is -0.465 e. The minimum absolute atomic E-state index is 0.0454. The number of oxime groups is 1. The number of sulfonamides is 1. The van der Waals surface area contributed by atoms with Gasteiger partial charge in [-0.2, -0.15) is 0 Å². The predicted molar refractivity (Wildman–Crippen MR) is 94.6 cm³/mol. The van der Waals surface area contributed by atoms with E-state index >= 15 is 0 Å². The van der Waals surface area contributed by atoms with Gasteiger partial charge in [0.15, 0.2) is 0 Å². The van der Waals surface area contributed by atoms with Crippen LogP contribution >= 0.6 is 0 Å². The van der Waals surface area contributed by atoms with E-state index in [2.05, 4.69) is 19.8 Å². The molecule has 1 amide bonds. The second-order valence-corrected chi connectivity index (χ2v) is 7.32. The maximum absolute atomic E-state index is 11.0. The number of nitrogens with two attached hydrogens (primary N) is 1. The number of carboxylic acid groups (broad SMARTS) is 1. The molecule has 0 spiro atoms. The Labute approximate surface area is 150 Å². The fourth-order valence-electron chi connectivity index (χ4n) is 2.30. The predicted octanol–water partition coefficient (Wildman–Crippen LogP) is -1.24. The summed E-state index contributed by atoms with van der Waals surface area (Å²) in [6.07, 6.45) is 2.77. The van der Waals surface area contributed by atoms with Crippen LogP contribution in [0.5, 0.6) is 0 Å². The van der Waals surface area contributed by atoms with Crippen LogP contribution < -0.4 is 15.4 Å². The molecule has 0 saturated carbocycles. The quantitative estimate of drug-likeness (QED) is 0.295. The fraction of sp³-hybridized carbons (Fsp3) is 0.538. The molecule has 1 fully saturated rings. The van der Waals surface area contributed by atoms with E-state index in [-0.39, 0.29) is 19.0 Å². The van der Waals surface area contributed by atoms with Gasteiger partial charge in [-0.25, -0.2) is 27.9 Å². The first-order valence-electron chi connectivity index (χ1n) is 7.71. The minimum atomic E-state index is -3.28. The van der Waals surface area contributed by atoms with Gasteiger partial charge < -0.3 is 25.5 Å². The van der Waals surface area contributed by atoms with Crippen molar-refractivity contribution in [1.29, 1.82) is 0 Å². The lowest BCUT2D eigenvalue weighted by atomic mass is 10.2. The molecule has 0 unspecified atom stereocenters. The molecule has 1 aliphatic heterocycles. The smallest absolute Gasteiger partial charge is 0.407 e. The number of hydrogen-bond donors (Lipinski definition) is 3. The van der Waals surface area contributed by atoms with Crippen molar-refractivity contribution in [3.8, 4) is 0 Å². The number of hydrogen-bond acceptors (Lipinski definition) is 9. The topological polar surface area (TPSA) is 163 Å². The first-order valence-corrected chi connectivity index (χ1v) is 9.60. The van der Waals surface area contributed by atoms with Gasteiger partial charge in [-0.15, -0.1) is 0 Å². The van der Waals surface area contributed by atoms with E-state index in [1.165, 1.54) is 17.4 Å². The maximum atomic E-state index is 11.0. The van der Waals surface area contributed by atoms with Crippen LogP contribution in [0.4, 0.5) is 16.4 Å². The number of nitrogens with zero attached hydrogens (tertiary/aromatic N) is 5. The highest BCUT2D eigenvalue weighted by Crippen LogP contribution is 2.21. The van der Waals surface area contributed by atoms with Gasteiger partial charge in [0.2, 0.25) is 10.0 Å². The molecule has 144 valence electrons. The summed E-state index contributed by atoms with van der Waals surface area (Å²) in [4.78, 5) is 27.3. The summed E-state index contributed by atoms with van der Waals surface area (Å²) in [5.74, 6) is 0.737. The van der Waals surface area contributed by atoms with Crippen LogP contribution in [0.15, 0.2) is 11.5 Å². The molecule has 0 bridgehead atoms. The third-order valence-electron chi connectivity index (χ3n) is 3.56. The lowest BCUT2D eigenvalue weighted by Gasteiger charge is -2.34. The third-order valence-corrected chi connectivity index (χ3v) is 4.29. The average molecular weight is 387 g/mol. The van der Waals surface area contributed by atoms with E-state index in [1.807, 2.05) is 4.90 Å². The molecule has 1 aromatic rings. The zero-order valence-corrected chi connectivity index (χ0v) is 15.0. The zero-order valence-electron chi connectivity index (χ0n) is 14.2. The molecule has 4 N–H and O–H groups in total. The van der Waals surface area contributed by atoms with Gasteiger partial charge >= 0.3 is 6.09 Å². The van der Waals surface area contributed by atoms with E-state index in [4.69, 9.17) is 15.7 Å². The summed E-state index contributed by atoms with van der Waals surface area (Å²) >= 11 is 0. The molecule has 0 aliphatic carbocycles. The zero-order chi connectivity index (χ0) is 19.2. The molecule has 2 heterocycles. The number of amides is 1. The molecule has 0 atom stereocenters. The normalized spacial score (nSPS) is 15.4. The Morgan fingerprint density at radius 1 is 1.42 bits per heavy atom. The number of nitrogen functional groups attached to an aromatic ring is 1. The molecular formula is C13H21N7O5S. The third kappa shape index (κ3) is 5.70. The molecule has 12 nitrogen and oxygen atoms in total. The highest BCUT2D eigenvalue weighted by atomic mass is 32.2. The summed E-state index contributed by atoms with van der Waals surface area (Å²) in [5, 5.41) is 12.8. The van der Waals surface area contributed by atoms with Crippen molar-refractivity contribution >= 4 is 34.0 Å². The molecule has 0 aromatic carbocycles. The SMILES string of the molecule is CS(=O)(=O)NCCO/N=C/c1c(N)ncnc1N1CCN(C(=O)O)CC1. The van der Waals surface area contributed by atoms with E-state index in [0.29, 0.717) is 37.6 Å². The van der Waals surface area contributed by atoms with Crippen molar-refractivity contribution in [1.82, 2.24) is 19.6 Å². The first-order chi connectivity index (χ1) is 12.3. The molecule has 1 aromatic heterocycles. The Balaban J connectivity index is 1.98. The number of aromatic nitrogens is 2. The Bertz CT molecular complexity index is 762. The van der Waals surface area contributed by atoms with Crippen LogP contribution in [-0.4, -0.2) is 86.3 Å². The van der Waals surface area contributed by atoms with E-state index in [1.54, 1.807) is 0 Å². The molecular weight excluding hydrogens is 366 g/mol. The van der Waals surface area contributed by atoms with Crippen molar-refractivity contribution < 1.29 is 23.2 Å². The highest BCUT2D eigenvalue weighted by Gasteiger charge is 2.23. The number of rotatable bonds is 7. The summed E-state index contributed by atoms with van der Waals surface area (Å²) in [6.45, 7) is 1.75. The molecule has 1 saturated heterocycles. The monoisotopic (exact) mass is 387 g/mol. The van der Waals surface area contributed by atoms with Gasteiger partial charge in [-0.3, -0.25) is 0 Å². The molecule has 2 rings (SSSR count). The standard InChI is InChI=1S/C13H21N7O5S/c1-26(23,24)18-2-7-25-17-8-10-11(14)15-9-16-12(10)19-3-5-20(6-4-19)13(21)22/h8-9,18H,2-7H2,1H3,(H,21,22)(H2,14,15,16)/b17-8+. The van der Waals surface area contributed by atoms with Crippen molar-refractivity contribution in [3.63, 3.8) is 0 Å². The fourth-order valence-corrected chi connectivity index (χ4v) is 2.75. The Morgan fingerprint density at radius 2 is 2.12 bits per heavy atom. The van der Waals surface area contributed by atoms with Gasteiger partial charge in [-0.1, -0.05) is 5.16 Å². The summed E-state index contributed by atoms with van der Waals surface area (Å²) < 4.78 is 24.1. The van der Waals surface area contributed by atoms with Gasteiger partial charge in [0, 0.05) is 32.7 Å². The van der Waals surface area contributed by atoms with E-state index < -0.39 is 16.1 Å². The molecule has 1 aliphatic rings. The second-order valence-electron chi connectivity index (χ2n) is 5.49. The van der Waals surface area contributed by atoms with E-state index in [0.717, 1.165) is 6.26 Å². The van der Waals surface area contributed by atoms with E-state index in [9.17, 15) is 13.2 Å². The number of nitrogens with one attached hydrogen (secondary N) is 1. The summed E-state index contributed by atoms with van der Waals surface area (Å²) in [6, 6.07) is 0. The summed E-state index contributed by atoms with van der Waals surface area (Å²) in [7, 11) is -3.28. The van der Waals surface area contributed by atoms with Crippen LogP contribution in [0.25, 0.3) is 0 Å². The highest BCUT2D eigenvalue weighted by molar-refractivity contribution is 7.88. The second kappa shape index (κ2) is 8.62. The van der Waals surface area contributed by atoms with Crippen LogP contribution in [0.3, 0.4) is 0 Å². The number of carbonyl (C=O) groups is 1.